The minimum Gasteiger partial charge on any atom is -0.480 e. The standard InChI is InChI=1S/C11H23NO4S/c1-4-6-12(9-11(13)14)7-5-8-17(15,16)10(2)3/h10H,4-9H2,1-3H3,(H,13,14). The number of carbonyl (C=O) groups is 1. The van der Waals surface area contributed by atoms with Gasteiger partial charge in [-0.2, -0.15) is 0 Å². The van der Waals surface area contributed by atoms with Gasteiger partial charge in [-0.15, -0.1) is 0 Å². The molecule has 0 aliphatic carbocycles. The molecule has 0 saturated carbocycles. The van der Waals surface area contributed by atoms with Crippen molar-refractivity contribution in [3.8, 4) is 0 Å². The third-order valence-electron chi connectivity index (χ3n) is 2.52. The van der Waals surface area contributed by atoms with Crippen LogP contribution in [-0.4, -0.2) is 55.0 Å². The predicted octanol–water partition coefficient (Wildman–Crippen LogP) is 0.996. The van der Waals surface area contributed by atoms with Gasteiger partial charge in [0.1, 0.15) is 0 Å². The van der Waals surface area contributed by atoms with Gasteiger partial charge in [0.05, 0.1) is 17.5 Å². The van der Waals surface area contributed by atoms with Gasteiger partial charge in [-0.05, 0) is 39.8 Å². The number of aliphatic carboxylic acids is 1. The average Bonchev–Trinajstić information content (AvgIpc) is 2.16. The van der Waals surface area contributed by atoms with E-state index in [1.54, 1.807) is 18.7 Å². The van der Waals surface area contributed by atoms with Crippen LogP contribution in [-0.2, 0) is 14.6 Å². The Morgan fingerprint density at radius 3 is 2.29 bits per heavy atom. The van der Waals surface area contributed by atoms with Gasteiger partial charge < -0.3 is 5.11 Å². The van der Waals surface area contributed by atoms with E-state index in [0.717, 1.165) is 6.42 Å². The fraction of sp³-hybridized carbons (Fsp3) is 0.909. The lowest BCUT2D eigenvalue weighted by Crippen LogP contribution is -2.32. The summed E-state index contributed by atoms with van der Waals surface area (Å²) in [6, 6.07) is 0. The second kappa shape index (κ2) is 7.66. The molecule has 0 unspecified atom stereocenters. The van der Waals surface area contributed by atoms with Gasteiger partial charge in [-0.25, -0.2) is 8.42 Å². The second-order valence-corrected chi connectivity index (χ2v) is 7.12. The summed E-state index contributed by atoms with van der Waals surface area (Å²) in [6.45, 7) is 6.49. The first-order valence-corrected chi connectivity index (χ1v) is 7.66. The lowest BCUT2D eigenvalue weighted by molar-refractivity contribution is -0.138. The predicted molar refractivity (Wildman–Crippen MR) is 67.9 cm³/mol. The zero-order valence-corrected chi connectivity index (χ0v) is 11.7. The highest BCUT2D eigenvalue weighted by atomic mass is 32.2. The molecule has 17 heavy (non-hydrogen) atoms. The molecule has 0 spiro atoms. The Hall–Kier alpha value is -0.620. The van der Waals surface area contributed by atoms with Crippen LogP contribution in [0.2, 0.25) is 0 Å². The van der Waals surface area contributed by atoms with Crippen LogP contribution in [0.25, 0.3) is 0 Å². The average molecular weight is 265 g/mol. The first-order valence-electron chi connectivity index (χ1n) is 5.95. The normalized spacial score (nSPS) is 12.3. The number of nitrogens with zero attached hydrogens (tertiary/aromatic N) is 1. The van der Waals surface area contributed by atoms with Crippen molar-refractivity contribution in [2.45, 2.75) is 38.9 Å². The largest absolute Gasteiger partial charge is 0.480 e. The van der Waals surface area contributed by atoms with Gasteiger partial charge in [-0.1, -0.05) is 6.92 Å². The fourth-order valence-corrected chi connectivity index (χ4v) is 2.51. The smallest absolute Gasteiger partial charge is 0.317 e. The van der Waals surface area contributed by atoms with Crippen LogP contribution in [0.4, 0.5) is 0 Å². The Kier molecular flexibility index (Phi) is 7.38. The summed E-state index contributed by atoms with van der Waals surface area (Å²) in [5.41, 5.74) is 0. The van der Waals surface area contributed by atoms with Crippen LogP contribution < -0.4 is 0 Å². The fourth-order valence-electron chi connectivity index (χ4n) is 1.50. The Balaban J connectivity index is 4.10. The van der Waals surface area contributed by atoms with E-state index < -0.39 is 15.8 Å². The highest BCUT2D eigenvalue weighted by Crippen LogP contribution is 2.04. The van der Waals surface area contributed by atoms with Crippen LogP contribution in [0.5, 0.6) is 0 Å². The Labute approximate surface area is 104 Å². The molecule has 1 N–H and O–H groups in total. The van der Waals surface area contributed by atoms with E-state index in [2.05, 4.69) is 0 Å². The maximum Gasteiger partial charge on any atom is 0.317 e. The van der Waals surface area contributed by atoms with E-state index in [-0.39, 0.29) is 17.5 Å². The summed E-state index contributed by atoms with van der Waals surface area (Å²) in [4.78, 5) is 12.4. The topological polar surface area (TPSA) is 74.7 Å². The summed E-state index contributed by atoms with van der Waals surface area (Å²) in [7, 11) is -3.01. The lowest BCUT2D eigenvalue weighted by atomic mass is 10.3. The van der Waals surface area contributed by atoms with Crippen LogP contribution in [0, 0.1) is 0 Å². The van der Waals surface area contributed by atoms with Gasteiger partial charge in [0.2, 0.25) is 0 Å². The molecule has 0 radical (unpaired) electrons. The summed E-state index contributed by atoms with van der Waals surface area (Å²) in [5, 5.41) is 8.34. The van der Waals surface area contributed by atoms with E-state index in [9.17, 15) is 13.2 Å². The highest BCUT2D eigenvalue weighted by molar-refractivity contribution is 7.91. The van der Waals surface area contributed by atoms with Gasteiger partial charge >= 0.3 is 5.97 Å². The SMILES string of the molecule is CCCN(CCCS(=O)(=O)C(C)C)CC(=O)O. The van der Waals surface area contributed by atoms with E-state index in [1.807, 2.05) is 6.92 Å². The minimum absolute atomic E-state index is 0.0183. The molecular weight excluding hydrogens is 242 g/mol. The monoisotopic (exact) mass is 265 g/mol. The maximum atomic E-state index is 11.6. The van der Waals surface area contributed by atoms with Crippen molar-refractivity contribution in [1.29, 1.82) is 0 Å². The van der Waals surface area contributed by atoms with Crippen molar-refractivity contribution >= 4 is 15.8 Å². The summed E-state index contributed by atoms with van der Waals surface area (Å²) in [6.07, 6.45) is 1.36. The van der Waals surface area contributed by atoms with Crippen molar-refractivity contribution < 1.29 is 18.3 Å². The molecule has 0 bridgehead atoms. The summed E-state index contributed by atoms with van der Waals surface area (Å²) >= 11 is 0. The zero-order chi connectivity index (χ0) is 13.5. The van der Waals surface area contributed by atoms with Crippen molar-refractivity contribution in [1.82, 2.24) is 4.90 Å². The molecule has 0 saturated heterocycles. The summed E-state index contributed by atoms with van der Waals surface area (Å²) < 4.78 is 23.1. The maximum absolute atomic E-state index is 11.6. The second-order valence-electron chi connectivity index (χ2n) is 4.44. The quantitative estimate of drug-likeness (QED) is 0.673. The molecule has 0 atom stereocenters. The van der Waals surface area contributed by atoms with Gasteiger partial charge in [0.25, 0.3) is 0 Å². The molecule has 0 rings (SSSR count). The minimum atomic E-state index is -3.01. The number of carboxylic acids is 1. The Bertz CT molecular complexity index is 324. The number of sulfone groups is 1. The van der Waals surface area contributed by atoms with Crippen molar-refractivity contribution in [2.24, 2.45) is 0 Å². The molecule has 0 aliphatic rings. The summed E-state index contributed by atoms with van der Waals surface area (Å²) in [5.74, 6) is -0.741. The number of hydrogen-bond acceptors (Lipinski definition) is 4. The van der Waals surface area contributed by atoms with Gasteiger partial charge in [0, 0.05) is 0 Å². The lowest BCUT2D eigenvalue weighted by Gasteiger charge is -2.19. The number of carboxylic acid groups (broad SMARTS) is 1. The molecular formula is C11H23NO4S. The molecule has 0 fully saturated rings. The molecule has 5 nitrogen and oxygen atoms in total. The molecule has 0 aromatic heterocycles. The van der Waals surface area contributed by atoms with E-state index in [1.165, 1.54) is 0 Å². The van der Waals surface area contributed by atoms with Gasteiger partial charge in [-0.3, -0.25) is 9.69 Å². The Morgan fingerprint density at radius 2 is 1.88 bits per heavy atom. The van der Waals surface area contributed by atoms with Crippen LogP contribution in [0.3, 0.4) is 0 Å². The molecule has 0 aromatic carbocycles. The zero-order valence-electron chi connectivity index (χ0n) is 10.8. The highest BCUT2D eigenvalue weighted by Gasteiger charge is 2.16. The van der Waals surface area contributed by atoms with Crippen molar-refractivity contribution in [3.05, 3.63) is 0 Å². The molecule has 102 valence electrons. The van der Waals surface area contributed by atoms with Crippen LogP contribution in [0.1, 0.15) is 33.6 Å². The third-order valence-corrected chi connectivity index (χ3v) is 4.81. The van der Waals surface area contributed by atoms with E-state index in [4.69, 9.17) is 5.11 Å². The van der Waals surface area contributed by atoms with Crippen molar-refractivity contribution in [2.75, 3.05) is 25.4 Å². The van der Waals surface area contributed by atoms with E-state index in [0.29, 0.717) is 19.5 Å². The Morgan fingerprint density at radius 1 is 1.29 bits per heavy atom. The number of hydrogen-bond donors (Lipinski definition) is 1. The molecule has 0 aliphatic heterocycles. The van der Waals surface area contributed by atoms with Crippen molar-refractivity contribution in [3.63, 3.8) is 0 Å². The molecule has 0 aromatic rings. The third kappa shape index (κ3) is 7.33. The van der Waals surface area contributed by atoms with E-state index >= 15 is 0 Å². The molecule has 6 heteroatoms. The molecule has 0 amide bonds. The van der Waals surface area contributed by atoms with Gasteiger partial charge in [0.15, 0.2) is 9.84 Å². The van der Waals surface area contributed by atoms with Crippen LogP contribution in [0.15, 0.2) is 0 Å². The molecule has 0 heterocycles. The number of rotatable bonds is 9. The first kappa shape index (κ1) is 16.4. The first-order chi connectivity index (χ1) is 7.79. The van der Waals surface area contributed by atoms with Crippen LogP contribution >= 0.6 is 0 Å².